The van der Waals surface area contributed by atoms with Crippen LogP contribution in [0.25, 0.3) is 0 Å². The molecule has 0 radical (unpaired) electrons. The minimum atomic E-state index is -0.0656. The molecule has 2 N–H and O–H groups in total. The lowest BCUT2D eigenvalue weighted by Gasteiger charge is -1.95. The van der Waals surface area contributed by atoms with Gasteiger partial charge in [0.1, 0.15) is 0 Å². The summed E-state index contributed by atoms with van der Waals surface area (Å²) < 4.78 is 0. The minimum absolute atomic E-state index is 0.0656. The van der Waals surface area contributed by atoms with Gasteiger partial charge in [0.05, 0.1) is 0 Å². The van der Waals surface area contributed by atoms with Gasteiger partial charge in [-0.2, -0.15) is 4.98 Å². The van der Waals surface area contributed by atoms with Crippen molar-refractivity contribution in [3.8, 4) is 0 Å². The fraction of sp³-hybridized carbons (Fsp3) is 0.571. The van der Waals surface area contributed by atoms with Gasteiger partial charge in [0.25, 0.3) is 0 Å². The molecule has 1 rings (SSSR count). The summed E-state index contributed by atoms with van der Waals surface area (Å²) in [6.07, 6.45) is 0.441. The van der Waals surface area contributed by atoms with E-state index in [4.69, 9.17) is 0 Å². The van der Waals surface area contributed by atoms with Crippen LogP contribution >= 0.6 is 11.8 Å². The van der Waals surface area contributed by atoms with E-state index in [1.165, 1.54) is 11.8 Å². The zero-order valence-electron chi connectivity index (χ0n) is 7.63. The number of hydrogen-bond acceptors (Lipinski definition) is 4. The van der Waals surface area contributed by atoms with Crippen molar-refractivity contribution in [1.82, 2.24) is 15.2 Å². The van der Waals surface area contributed by atoms with Crippen molar-refractivity contribution in [1.29, 1.82) is 0 Å². The summed E-state index contributed by atoms with van der Waals surface area (Å²) in [6.45, 7) is 3.80. The summed E-state index contributed by atoms with van der Waals surface area (Å²) >= 11 is 1.53. The Morgan fingerprint density at radius 2 is 2.38 bits per heavy atom. The van der Waals surface area contributed by atoms with Gasteiger partial charge >= 0.3 is 0 Å². The number of aromatic nitrogens is 3. The normalized spacial score (nSPS) is 10.0. The number of rotatable bonds is 4. The van der Waals surface area contributed by atoms with Crippen molar-refractivity contribution in [3.05, 3.63) is 0 Å². The highest BCUT2D eigenvalue weighted by Crippen LogP contribution is 2.12. The first-order valence-electron chi connectivity index (χ1n) is 4.11. The molecule has 0 fully saturated rings. The summed E-state index contributed by atoms with van der Waals surface area (Å²) in [6, 6.07) is 0. The van der Waals surface area contributed by atoms with Crippen molar-refractivity contribution in [2.24, 2.45) is 0 Å². The van der Waals surface area contributed by atoms with E-state index in [9.17, 15) is 4.79 Å². The van der Waals surface area contributed by atoms with Crippen LogP contribution in [0.1, 0.15) is 20.3 Å². The third kappa shape index (κ3) is 3.06. The van der Waals surface area contributed by atoms with Gasteiger partial charge in [-0.1, -0.05) is 25.6 Å². The van der Waals surface area contributed by atoms with Crippen LogP contribution in [-0.4, -0.2) is 26.8 Å². The van der Waals surface area contributed by atoms with Crippen molar-refractivity contribution >= 4 is 23.6 Å². The predicted molar refractivity (Wildman–Crippen MR) is 51.7 cm³/mol. The molecule has 6 heteroatoms. The number of carbonyl (C=O) groups excluding carboxylic acids is 1. The van der Waals surface area contributed by atoms with Crippen molar-refractivity contribution in [2.45, 2.75) is 25.4 Å². The molecule has 0 aliphatic carbocycles. The van der Waals surface area contributed by atoms with Crippen molar-refractivity contribution < 1.29 is 4.79 Å². The highest BCUT2D eigenvalue weighted by molar-refractivity contribution is 7.99. The molecule has 0 bridgehead atoms. The SMILES string of the molecule is CCSc1n[nH]c(NC(=O)CC)n1. The van der Waals surface area contributed by atoms with E-state index in [0.29, 0.717) is 17.5 Å². The molecule has 0 saturated carbocycles. The third-order valence-corrected chi connectivity index (χ3v) is 2.05. The summed E-state index contributed by atoms with van der Waals surface area (Å²) in [5.74, 6) is 1.27. The van der Waals surface area contributed by atoms with E-state index in [0.717, 1.165) is 5.75 Å². The van der Waals surface area contributed by atoms with Crippen LogP contribution in [-0.2, 0) is 4.79 Å². The Kier molecular flexibility index (Phi) is 3.75. The van der Waals surface area contributed by atoms with Crippen LogP contribution in [0, 0.1) is 0 Å². The number of hydrogen-bond donors (Lipinski definition) is 2. The molecule has 0 aliphatic heterocycles. The molecule has 0 atom stereocenters. The average Bonchev–Trinajstić information content (AvgIpc) is 2.53. The van der Waals surface area contributed by atoms with Crippen LogP contribution < -0.4 is 5.32 Å². The molecule has 13 heavy (non-hydrogen) atoms. The molecule has 72 valence electrons. The van der Waals surface area contributed by atoms with Gasteiger partial charge in [0.15, 0.2) is 0 Å². The van der Waals surface area contributed by atoms with E-state index in [2.05, 4.69) is 20.5 Å². The molecule has 0 aliphatic rings. The molecule has 1 aromatic heterocycles. The molecule has 0 saturated heterocycles. The second kappa shape index (κ2) is 4.86. The molecule has 0 spiro atoms. The fourth-order valence-corrected chi connectivity index (χ4v) is 1.24. The van der Waals surface area contributed by atoms with Gasteiger partial charge in [0, 0.05) is 6.42 Å². The van der Waals surface area contributed by atoms with E-state index >= 15 is 0 Å². The summed E-state index contributed by atoms with van der Waals surface area (Å²) in [4.78, 5) is 15.0. The molecule has 0 aromatic carbocycles. The number of carbonyl (C=O) groups is 1. The van der Waals surface area contributed by atoms with Crippen LogP contribution in [0.15, 0.2) is 5.16 Å². The Labute approximate surface area is 80.7 Å². The fourth-order valence-electron chi connectivity index (χ4n) is 0.716. The molecular formula is C7H12N4OS. The van der Waals surface area contributed by atoms with Gasteiger partial charge in [-0.15, -0.1) is 5.10 Å². The predicted octanol–water partition coefficient (Wildman–Crippen LogP) is 1.27. The number of thioether (sulfide) groups is 1. The number of amides is 1. The molecule has 0 unspecified atom stereocenters. The summed E-state index contributed by atoms with van der Waals surface area (Å²) in [5, 5.41) is 9.80. The molecule has 1 amide bonds. The van der Waals surface area contributed by atoms with E-state index < -0.39 is 0 Å². The maximum atomic E-state index is 10.9. The van der Waals surface area contributed by atoms with E-state index in [1.54, 1.807) is 6.92 Å². The van der Waals surface area contributed by atoms with Gasteiger partial charge in [-0.05, 0) is 5.75 Å². The first-order valence-corrected chi connectivity index (χ1v) is 5.09. The zero-order valence-corrected chi connectivity index (χ0v) is 8.44. The van der Waals surface area contributed by atoms with Crippen LogP contribution in [0.2, 0.25) is 0 Å². The van der Waals surface area contributed by atoms with Crippen molar-refractivity contribution in [3.63, 3.8) is 0 Å². The smallest absolute Gasteiger partial charge is 0.226 e. The molecular weight excluding hydrogens is 188 g/mol. The Bertz CT molecular complexity index is 286. The van der Waals surface area contributed by atoms with E-state index in [-0.39, 0.29) is 5.91 Å². The first kappa shape index (κ1) is 10.0. The number of nitrogens with one attached hydrogen (secondary N) is 2. The first-order chi connectivity index (χ1) is 6.26. The highest BCUT2D eigenvalue weighted by Gasteiger charge is 2.04. The van der Waals surface area contributed by atoms with Crippen LogP contribution in [0.3, 0.4) is 0 Å². The second-order valence-electron chi connectivity index (χ2n) is 2.30. The third-order valence-electron chi connectivity index (χ3n) is 1.32. The van der Waals surface area contributed by atoms with Gasteiger partial charge in [0.2, 0.25) is 17.0 Å². The maximum Gasteiger partial charge on any atom is 0.226 e. The summed E-state index contributed by atoms with van der Waals surface area (Å²) in [5.41, 5.74) is 0. The average molecular weight is 200 g/mol. The Balaban J connectivity index is 2.53. The highest BCUT2D eigenvalue weighted by atomic mass is 32.2. The van der Waals surface area contributed by atoms with Gasteiger partial charge < -0.3 is 0 Å². The molecule has 5 nitrogen and oxygen atoms in total. The van der Waals surface area contributed by atoms with Gasteiger partial charge in [-0.25, -0.2) is 5.10 Å². The van der Waals surface area contributed by atoms with Gasteiger partial charge in [-0.3, -0.25) is 10.1 Å². The summed E-state index contributed by atoms with van der Waals surface area (Å²) in [7, 11) is 0. The largest absolute Gasteiger partial charge is 0.295 e. The number of nitrogens with zero attached hydrogens (tertiary/aromatic N) is 2. The minimum Gasteiger partial charge on any atom is -0.295 e. The van der Waals surface area contributed by atoms with E-state index in [1.807, 2.05) is 6.92 Å². The topological polar surface area (TPSA) is 70.7 Å². The molecule has 1 heterocycles. The Morgan fingerprint density at radius 1 is 1.62 bits per heavy atom. The lowest BCUT2D eigenvalue weighted by atomic mass is 10.5. The lowest BCUT2D eigenvalue weighted by molar-refractivity contribution is -0.115. The van der Waals surface area contributed by atoms with Crippen molar-refractivity contribution in [2.75, 3.05) is 11.1 Å². The second-order valence-corrected chi connectivity index (χ2v) is 3.53. The lowest BCUT2D eigenvalue weighted by Crippen LogP contribution is -2.10. The monoisotopic (exact) mass is 200 g/mol. The Hall–Kier alpha value is -1.04. The number of H-pyrrole nitrogens is 1. The van der Waals surface area contributed by atoms with Crippen LogP contribution in [0.4, 0.5) is 5.95 Å². The van der Waals surface area contributed by atoms with Crippen LogP contribution in [0.5, 0.6) is 0 Å². The quantitative estimate of drug-likeness (QED) is 0.718. The molecule has 1 aromatic rings. The number of aromatic amines is 1. The number of anilines is 1. The maximum absolute atomic E-state index is 10.9. The Morgan fingerprint density at radius 3 is 3.00 bits per heavy atom. The zero-order chi connectivity index (χ0) is 9.68. The standard InChI is InChI=1S/C7H12N4OS/c1-3-5(12)8-6-9-7(11-10-6)13-4-2/h3-4H2,1-2H3,(H2,8,9,10,11,12).